The molecule has 0 bridgehead atoms. The van der Waals surface area contributed by atoms with Gasteiger partial charge in [0.15, 0.2) is 0 Å². The van der Waals surface area contributed by atoms with E-state index in [0.717, 1.165) is 13.1 Å². The van der Waals surface area contributed by atoms with E-state index in [4.69, 9.17) is 5.11 Å². The van der Waals surface area contributed by atoms with Crippen LogP contribution >= 0.6 is 0 Å². The third-order valence-corrected chi connectivity index (χ3v) is 5.10. The number of carboxylic acids is 1. The Hall–Kier alpha value is -2.82. The van der Waals surface area contributed by atoms with E-state index < -0.39 is 5.97 Å². The van der Waals surface area contributed by atoms with Gasteiger partial charge >= 0.3 is 5.97 Å². The number of anilines is 1. The monoisotopic (exact) mass is 352 g/mol. The standard InChI is InChI=1S/C21H24N2O3/c1-14-12-16(3)19(13-15(14)2)22-8-10-23(11-9-22)20(24)17-4-6-18(7-5-17)21(25)26/h4-7,12-13H,8-11H2,1-3H3,(H,25,26). The molecule has 0 aliphatic carbocycles. The molecule has 1 aliphatic heterocycles. The Morgan fingerprint density at radius 2 is 1.35 bits per heavy atom. The van der Waals surface area contributed by atoms with E-state index in [2.05, 4.69) is 37.8 Å². The topological polar surface area (TPSA) is 60.9 Å². The zero-order valence-corrected chi connectivity index (χ0v) is 15.5. The van der Waals surface area contributed by atoms with E-state index >= 15 is 0 Å². The molecule has 1 aliphatic rings. The third kappa shape index (κ3) is 3.57. The van der Waals surface area contributed by atoms with Crippen molar-refractivity contribution in [2.24, 2.45) is 0 Å². The van der Waals surface area contributed by atoms with Crippen LogP contribution in [-0.4, -0.2) is 48.1 Å². The van der Waals surface area contributed by atoms with Crippen LogP contribution in [0, 0.1) is 20.8 Å². The van der Waals surface area contributed by atoms with E-state index in [1.165, 1.54) is 34.5 Å². The van der Waals surface area contributed by atoms with Crippen LogP contribution in [-0.2, 0) is 0 Å². The molecular weight excluding hydrogens is 328 g/mol. The second-order valence-electron chi connectivity index (χ2n) is 6.88. The predicted octanol–water partition coefficient (Wildman–Crippen LogP) is 3.27. The van der Waals surface area contributed by atoms with E-state index in [9.17, 15) is 9.59 Å². The first-order chi connectivity index (χ1) is 12.4. The first kappa shape index (κ1) is 18.0. The average molecular weight is 352 g/mol. The second-order valence-corrected chi connectivity index (χ2v) is 6.88. The molecule has 5 nitrogen and oxygen atoms in total. The second kappa shape index (κ2) is 7.20. The maximum Gasteiger partial charge on any atom is 0.335 e. The Morgan fingerprint density at radius 3 is 1.92 bits per heavy atom. The number of carbonyl (C=O) groups is 2. The lowest BCUT2D eigenvalue weighted by atomic mass is 10.0. The van der Waals surface area contributed by atoms with Crippen LogP contribution in [0.5, 0.6) is 0 Å². The fourth-order valence-electron chi connectivity index (χ4n) is 3.37. The van der Waals surface area contributed by atoms with Crippen molar-refractivity contribution in [3.8, 4) is 0 Å². The summed E-state index contributed by atoms with van der Waals surface area (Å²) in [4.78, 5) is 27.7. The molecule has 1 heterocycles. The number of carbonyl (C=O) groups excluding carboxylic acids is 1. The van der Waals surface area contributed by atoms with Gasteiger partial charge in [-0.1, -0.05) is 6.07 Å². The van der Waals surface area contributed by atoms with Crippen molar-refractivity contribution in [3.63, 3.8) is 0 Å². The number of benzene rings is 2. The fourth-order valence-corrected chi connectivity index (χ4v) is 3.37. The minimum absolute atomic E-state index is 0.0432. The van der Waals surface area contributed by atoms with Crippen molar-refractivity contribution >= 4 is 17.6 Å². The summed E-state index contributed by atoms with van der Waals surface area (Å²) in [6.45, 7) is 9.28. The zero-order chi connectivity index (χ0) is 18.8. The van der Waals surface area contributed by atoms with Crippen molar-refractivity contribution in [2.45, 2.75) is 20.8 Å². The lowest BCUT2D eigenvalue weighted by Gasteiger charge is -2.37. The summed E-state index contributed by atoms with van der Waals surface area (Å²) in [7, 11) is 0. The van der Waals surface area contributed by atoms with Gasteiger partial charge in [0.1, 0.15) is 0 Å². The van der Waals surface area contributed by atoms with Gasteiger partial charge in [-0.2, -0.15) is 0 Å². The number of aryl methyl sites for hydroxylation is 3. The number of rotatable bonds is 3. The van der Waals surface area contributed by atoms with Crippen LogP contribution in [0.3, 0.4) is 0 Å². The molecule has 2 aromatic carbocycles. The Morgan fingerprint density at radius 1 is 0.808 bits per heavy atom. The van der Waals surface area contributed by atoms with Gasteiger partial charge in [0, 0.05) is 37.4 Å². The molecule has 0 spiro atoms. The molecule has 26 heavy (non-hydrogen) atoms. The smallest absolute Gasteiger partial charge is 0.335 e. The molecule has 2 aromatic rings. The Balaban J connectivity index is 1.67. The van der Waals surface area contributed by atoms with Gasteiger partial charge in [-0.3, -0.25) is 4.79 Å². The van der Waals surface area contributed by atoms with E-state index in [0.29, 0.717) is 18.7 Å². The van der Waals surface area contributed by atoms with Crippen molar-refractivity contribution in [2.75, 3.05) is 31.1 Å². The molecule has 136 valence electrons. The number of carboxylic acid groups (broad SMARTS) is 1. The lowest BCUT2D eigenvalue weighted by molar-refractivity contribution is 0.0693. The molecule has 1 fully saturated rings. The Labute approximate surface area is 153 Å². The molecule has 0 radical (unpaired) electrons. The fraction of sp³-hybridized carbons (Fsp3) is 0.333. The maximum absolute atomic E-state index is 12.6. The number of hydrogen-bond acceptors (Lipinski definition) is 3. The molecular formula is C21H24N2O3. The zero-order valence-electron chi connectivity index (χ0n) is 15.5. The lowest BCUT2D eigenvalue weighted by Crippen LogP contribution is -2.49. The molecule has 0 atom stereocenters. The van der Waals surface area contributed by atoms with Crippen LogP contribution in [0.15, 0.2) is 36.4 Å². The molecule has 0 saturated carbocycles. The largest absolute Gasteiger partial charge is 0.478 e. The predicted molar refractivity (Wildman–Crippen MR) is 102 cm³/mol. The van der Waals surface area contributed by atoms with Crippen LogP contribution in [0.25, 0.3) is 0 Å². The SMILES string of the molecule is Cc1cc(C)c(N2CCN(C(=O)c3ccc(C(=O)O)cc3)CC2)cc1C. The van der Waals surface area contributed by atoms with Gasteiger partial charge < -0.3 is 14.9 Å². The summed E-state index contributed by atoms with van der Waals surface area (Å²) in [6.07, 6.45) is 0. The molecule has 0 aromatic heterocycles. The molecule has 3 rings (SSSR count). The van der Waals surface area contributed by atoms with Crippen molar-refractivity contribution in [1.82, 2.24) is 4.90 Å². The average Bonchev–Trinajstić information content (AvgIpc) is 2.64. The molecule has 0 unspecified atom stereocenters. The first-order valence-electron chi connectivity index (χ1n) is 8.82. The normalized spacial score (nSPS) is 14.4. The third-order valence-electron chi connectivity index (χ3n) is 5.10. The quantitative estimate of drug-likeness (QED) is 0.921. The minimum Gasteiger partial charge on any atom is -0.478 e. The van der Waals surface area contributed by atoms with E-state index in [1.54, 1.807) is 12.1 Å². The highest BCUT2D eigenvalue weighted by molar-refractivity contribution is 5.96. The van der Waals surface area contributed by atoms with Gasteiger partial charge in [0.05, 0.1) is 5.56 Å². The van der Waals surface area contributed by atoms with Crippen molar-refractivity contribution in [1.29, 1.82) is 0 Å². The van der Waals surface area contributed by atoms with Gasteiger partial charge in [0.25, 0.3) is 5.91 Å². The van der Waals surface area contributed by atoms with Gasteiger partial charge in [-0.15, -0.1) is 0 Å². The minimum atomic E-state index is -0.985. The number of nitrogens with zero attached hydrogens (tertiary/aromatic N) is 2. The van der Waals surface area contributed by atoms with Gasteiger partial charge in [-0.25, -0.2) is 4.79 Å². The maximum atomic E-state index is 12.6. The molecule has 1 N–H and O–H groups in total. The molecule has 5 heteroatoms. The summed E-state index contributed by atoms with van der Waals surface area (Å²) >= 11 is 0. The number of piperazine rings is 1. The summed E-state index contributed by atoms with van der Waals surface area (Å²) in [5.74, 6) is -1.03. The summed E-state index contributed by atoms with van der Waals surface area (Å²) < 4.78 is 0. The van der Waals surface area contributed by atoms with Gasteiger partial charge in [0.2, 0.25) is 0 Å². The first-order valence-corrected chi connectivity index (χ1v) is 8.82. The van der Waals surface area contributed by atoms with Crippen molar-refractivity contribution < 1.29 is 14.7 Å². The summed E-state index contributed by atoms with van der Waals surface area (Å²) in [6, 6.07) is 10.6. The highest BCUT2D eigenvalue weighted by Crippen LogP contribution is 2.25. The highest BCUT2D eigenvalue weighted by atomic mass is 16.4. The number of hydrogen-bond donors (Lipinski definition) is 1. The summed E-state index contributed by atoms with van der Waals surface area (Å²) in [5, 5.41) is 8.96. The van der Waals surface area contributed by atoms with Crippen LogP contribution in [0.1, 0.15) is 37.4 Å². The number of amides is 1. The van der Waals surface area contributed by atoms with Crippen LogP contribution in [0.4, 0.5) is 5.69 Å². The van der Waals surface area contributed by atoms with Crippen molar-refractivity contribution in [3.05, 3.63) is 64.2 Å². The van der Waals surface area contributed by atoms with E-state index in [1.807, 2.05) is 4.90 Å². The van der Waals surface area contributed by atoms with E-state index in [-0.39, 0.29) is 11.5 Å². The Bertz CT molecular complexity index is 835. The highest BCUT2D eigenvalue weighted by Gasteiger charge is 2.23. The summed E-state index contributed by atoms with van der Waals surface area (Å²) in [5.41, 5.74) is 5.80. The Kier molecular flexibility index (Phi) is 4.98. The molecule has 1 saturated heterocycles. The van der Waals surface area contributed by atoms with Crippen LogP contribution < -0.4 is 4.90 Å². The number of aromatic carboxylic acids is 1. The molecule has 1 amide bonds. The van der Waals surface area contributed by atoms with Crippen LogP contribution in [0.2, 0.25) is 0 Å². The van der Waals surface area contributed by atoms with Gasteiger partial charge in [-0.05, 0) is 67.8 Å².